The van der Waals surface area contributed by atoms with Crippen LogP contribution in [-0.2, 0) is 6.42 Å². The molecule has 1 aromatic heterocycles. The Balaban J connectivity index is 2.11. The van der Waals surface area contributed by atoms with Gasteiger partial charge in [0, 0.05) is 11.8 Å². The van der Waals surface area contributed by atoms with Gasteiger partial charge < -0.3 is 21.7 Å². The third-order valence-corrected chi connectivity index (χ3v) is 3.49. The molecule has 0 aliphatic heterocycles. The predicted molar refractivity (Wildman–Crippen MR) is 92.3 cm³/mol. The van der Waals surface area contributed by atoms with Crippen molar-refractivity contribution in [3.63, 3.8) is 0 Å². The molecule has 25 heavy (non-hydrogen) atoms. The second kappa shape index (κ2) is 6.33. The molecular formula is C17H14N6O2. The minimum absolute atomic E-state index is 0.157. The highest BCUT2D eigenvalue weighted by Crippen LogP contribution is 2.27. The first-order valence-electron chi connectivity index (χ1n) is 7.27. The summed E-state index contributed by atoms with van der Waals surface area (Å²) in [5, 5.41) is 28.6. The lowest BCUT2D eigenvalue weighted by Crippen LogP contribution is -2.22. The maximum Gasteiger partial charge on any atom is 0.192 e. The predicted octanol–water partition coefficient (Wildman–Crippen LogP) is 1.41. The van der Waals surface area contributed by atoms with Crippen LogP contribution in [-0.4, -0.2) is 26.1 Å². The summed E-state index contributed by atoms with van der Waals surface area (Å²) in [4.78, 5) is 12.8. The fourth-order valence-electron chi connectivity index (χ4n) is 2.38. The van der Waals surface area contributed by atoms with Gasteiger partial charge in [0.15, 0.2) is 23.3 Å². The van der Waals surface area contributed by atoms with E-state index in [4.69, 9.17) is 16.7 Å². The quantitative estimate of drug-likeness (QED) is 0.320. The number of aromatic hydroxyl groups is 2. The van der Waals surface area contributed by atoms with Crippen LogP contribution in [0.3, 0.4) is 0 Å². The van der Waals surface area contributed by atoms with Gasteiger partial charge in [-0.15, -0.1) is 0 Å². The van der Waals surface area contributed by atoms with Gasteiger partial charge in [-0.25, -0.2) is 9.97 Å². The summed E-state index contributed by atoms with van der Waals surface area (Å²) >= 11 is 0. The number of hydrogen-bond acceptors (Lipinski definition) is 6. The summed E-state index contributed by atoms with van der Waals surface area (Å²) in [5.74, 6) is 0.118. The maximum atomic E-state index is 9.60. The molecule has 0 radical (unpaired) electrons. The number of phenols is 2. The molecule has 0 aliphatic rings. The maximum absolute atomic E-state index is 9.60. The number of hydrogen-bond donors (Lipinski definition) is 4. The molecule has 0 aliphatic carbocycles. The van der Waals surface area contributed by atoms with Crippen LogP contribution in [0, 0.1) is 11.3 Å². The Labute approximate surface area is 142 Å². The van der Waals surface area contributed by atoms with Crippen molar-refractivity contribution in [2.45, 2.75) is 6.42 Å². The largest absolute Gasteiger partial charge is 0.504 e. The van der Waals surface area contributed by atoms with Crippen molar-refractivity contribution in [2.24, 2.45) is 16.5 Å². The molecule has 8 nitrogen and oxygen atoms in total. The van der Waals surface area contributed by atoms with Crippen molar-refractivity contribution in [2.75, 3.05) is 0 Å². The van der Waals surface area contributed by atoms with E-state index in [0.717, 1.165) is 0 Å². The monoisotopic (exact) mass is 334 g/mol. The number of phenolic OH excluding ortho intramolecular Hbond substituents is 2. The van der Waals surface area contributed by atoms with Gasteiger partial charge in [-0.05, 0) is 35.9 Å². The number of aromatic nitrogens is 2. The molecule has 124 valence electrons. The minimum Gasteiger partial charge on any atom is -0.504 e. The Bertz CT molecular complexity index is 1040. The zero-order chi connectivity index (χ0) is 18.0. The van der Waals surface area contributed by atoms with Crippen molar-refractivity contribution in [1.29, 1.82) is 5.26 Å². The molecule has 0 saturated carbocycles. The van der Waals surface area contributed by atoms with Gasteiger partial charge in [-0.1, -0.05) is 6.07 Å². The van der Waals surface area contributed by atoms with Crippen LogP contribution in [0.25, 0.3) is 10.9 Å². The molecule has 6 N–H and O–H groups in total. The first kappa shape index (κ1) is 16.0. The first-order chi connectivity index (χ1) is 12.0. The van der Waals surface area contributed by atoms with Crippen LogP contribution < -0.4 is 11.5 Å². The van der Waals surface area contributed by atoms with Crippen LogP contribution in [0.15, 0.2) is 41.4 Å². The van der Waals surface area contributed by atoms with Crippen molar-refractivity contribution < 1.29 is 10.2 Å². The van der Waals surface area contributed by atoms with Gasteiger partial charge in [-0.2, -0.15) is 10.3 Å². The number of aliphatic imine (C=N–C) groups is 1. The average Bonchev–Trinajstić information content (AvgIpc) is 2.57. The summed E-state index contributed by atoms with van der Waals surface area (Å²) in [7, 11) is 0. The summed E-state index contributed by atoms with van der Waals surface area (Å²) in [6, 6.07) is 11.5. The smallest absolute Gasteiger partial charge is 0.192 e. The number of nitrogens with two attached hydrogens (primary N) is 2. The molecule has 0 fully saturated rings. The van der Waals surface area contributed by atoms with E-state index in [1.54, 1.807) is 24.3 Å². The van der Waals surface area contributed by atoms with E-state index in [2.05, 4.69) is 15.0 Å². The normalized spacial score (nSPS) is 10.4. The van der Waals surface area contributed by atoms with E-state index in [9.17, 15) is 10.2 Å². The molecule has 0 bridgehead atoms. The molecule has 2 aromatic carbocycles. The molecule has 0 unspecified atom stereocenters. The van der Waals surface area contributed by atoms with E-state index >= 15 is 0 Å². The highest BCUT2D eigenvalue weighted by Gasteiger charge is 2.10. The molecule has 0 atom stereocenters. The molecular weight excluding hydrogens is 320 g/mol. The van der Waals surface area contributed by atoms with Gasteiger partial charge in [-0.3, -0.25) is 0 Å². The highest BCUT2D eigenvalue weighted by molar-refractivity contribution is 5.92. The fourth-order valence-corrected chi connectivity index (χ4v) is 2.38. The lowest BCUT2D eigenvalue weighted by molar-refractivity contribution is 0.403. The van der Waals surface area contributed by atoms with Gasteiger partial charge in [0.25, 0.3) is 0 Å². The summed E-state index contributed by atoms with van der Waals surface area (Å²) in [6.45, 7) is 0. The summed E-state index contributed by atoms with van der Waals surface area (Å²) < 4.78 is 0. The lowest BCUT2D eigenvalue weighted by atomic mass is 10.1. The van der Waals surface area contributed by atoms with Crippen LogP contribution in [0.2, 0.25) is 0 Å². The van der Waals surface area contributed by atoms with E-state index in [0.29, 0.717) is 34.3 Å². The zero-order valence-electron chi connectivity index (χ0n) is 13.0. The number of rotatable bonds is 3. The number of guanidine groups is 1. The fraction of sp³-hybridized carbons (Fsp3) is 0.0588. The standard InChI is InChI=1S/C17H14N6O2/c18-8-10-1-3-12-11(5-10)16(23-17(19)20)22-15(21-12)7-9-2-4-13(24)14(25)6-9/h1-6,24-25H,7H2,(H4,19,20,21,22,23). The first-order valence-corrected chi connectivity index (χ1v) is 7.27. The number of nitrogens with zero attached hydrogens (tertiary/aromatic N) is 4. The number of fused-ring (bicyclic) bond motifs is 1. The summed E-state index contributed by atoms with van der Waals surface area (Å²) in [6.07, 6.45) is 0.302. The second-order valence-corrected chi connectivity index (χ2v) is 5.34. The van der Waals surface area contributed by atoms with Crippen molar-refractivity contribution in [3.05, 3.63) is 53.3 Å². The Kier molecular flexibility index (Phi) is 4.05. The third kappa shape index (κ3) is 3.40. The van der Waals surface area contributed by atoms with Gasteiger partial charge in [0.05, 0.1) is 17.1 Å². The zero-order valence-corrected chi connectivity index (χ0v) is 13.0. The Morgan fingerprint density at radius 2 is 1.88 bits per heavy atom. The number of benzene rings is 2. The van der Waals surface area contributed by atoms with E-state index < -0.39 is 0 Å². The molecule has 3 aromatic rings. The van der Waals surface area contributed by atoms with Gasteiger partial charge >= 0.3 is 0 Å². The van der Waals surface area contributed by atoms with E-state index in [1.165, 1.54) is 12.1 Å². The summed E-state index contributed by atoms with van der Waals surface area (Å²) in [5.41, 5.74) is 12.7. The van der Waals surface area contributed by atoms with Crippen molar-refractivity contribution in [3.8, 4) is 17.6 Å². The molecule has 1 heterocycles. The molecule has 8 heteroatoms. The molecule has 0 saturated heterocycles. The van der Waals surface area contributed by atoms with Crippen molar-refractivity contribution >= 4 is 22.7 Å². The Morgan fingerprint density at radius 3 is 2.56 bits per heavy atom. The highest BCUT2D eigenvalue weighted by atomic mass is 16.3. The van der Waals surface area contributed by atoms with Crippen LogP contribution >= 0.6 is 0 Å². The van der Waals surface area contributed by atoms with E-state index in [-0.39, 0.29) is 23.3 Å². The third-order valence-electron chi connectivity index (χ3n) is 3.49. The van der Waals surface area contributed by atoms with Gasteiger partial charge in [0.1, 0.15) is 5.82 Å². The van der Waals surface area contributed by atoms with Crippen molar-refractivity contribution in [1.82, 2.24) is 9.97 Å². The average molecular weight is 334 g/mol. The lowest BCUT2D eigenvalue weighted by Gasteiger charge is -2.07. The number of nitriles is 1. The molecule has 0 amide bonds. The van der Waals surface area contributed by atoms with Gasteiger partial charge in [0.2, 0.25) is 0 Å². The molecule has 3 rings (SSSR count). The van der Waals surface area contributed by atoms with Crippen LogP contribution in [0.5, 0.6) is 11.5 Å². The molecule has 0 spiro atoms. The minimum atomic E-state index is -0.221. The Morgan fingerprint density at radius 1 is 1.08 bits per heavy atom. The Hall–Kier alpha value is -3.86. The SMILES string of the molecule is N#Cc1ccc2nc(Cc3ccc(O)c(O)c3)nc(N=C(N)N)c2c1. The topological polar surface area (TPSA) is 154 Å². The van der Waals surface area contributed by atoms with Crippen LogP contribution in [0.4, 0.5) is 5.82 Å². The van der Waals surface area contributed by atoms with Crippen LogP contribution in [0.1, 0.15) is 17.0 Å². The van der Waals surface area contributed by atoms with E-state index in [1.807, 2.05) is 6.07 Å². The second-order valence-electron chi connectivity index (χ2n) is 5.34.